The fourth-order valence-electron chi connectivity index (χ4n) is 1.29. The average Bonchev–Trinajstić information content (AvgIpc) is 2.43. The van der Waals surface area contributed by atoms with Gasteiger partial charge in [0, 0.05) is 5.52 Å². The summed E-state index contributed by atoms with van der Waals surface area (Å²) in [4.78, 5) is 24.0. The lowest BCUT2D eigenvalue weighted by Crippen LogP contribution is -2.08. The summed E-state index contributed by atoms with van der Waals surface area (Å²) in [6, 6.07) is 6.67. The van der Waals surface area contributed by atoms with E-state index in [-0.39, 0.29) is 0 Å². The number of rotatable bonds is 1. The third-order valence-corrected chi connectivity index (χ3v) is 1.97. The standard InChI is InChI=1S/C9H6N2O3.2C2H6/c12-9-6-3-1-2-4-7(6)10-5-8(9)11(13)14;2*1-2/h1-5H,(H,10,12);2*1-2H3. The number of aromatic amines is 1. The lowest BCUT2D eigenvalue weighted by atomic mass is 10.2. The highest BCUT2D eigenvalue weighted by molar-refractivity contribution is 5.79. The molecule has 5 nitrogen and oxygen atoms in total. The first-order chi connectivity index (χ1) is 8.70. The van der Waals surface area contributed by atoms with E-state index < -0.39 is 16.0 Å². The molecule has 0 saturated carbocycles. The summed E-state index contributed by atoms with van der Waals surface area (Å²) in [5.41, 5.74) is -0.379. The fraction of sp³-hybridized carbons (Fsp3) is 0.308. The van der Waals surface area contributed by atoms with Crippen LogP contribution in [-0.4, -0.2) is 9.91 Å². The van der Waals surface area contributed by atoms with E-state index in [1.54, 1.807) is 24.3 Å². The van der Waals surface area contributed by atoms with Gasteiger partial charge in [-0.2, -0.15) is 0 Å². The molecule has 0 spiro atoms. The molecule has 5 heteroatoms. The fourth-order valence-corrected chi connectivity index (χ4v) is 1.29. The van der Waals surface area contributed by atoms with Gasteiger partial charge in [0.15, 0.2) is 0 Å². The Labute approximate surface area is 106 Å². The van der Waals surface area contributed by atoms with Crippen LogP contribution in [0.2, 0.25) is 0 Å². The molecule has 2 aromatic rings. The zero-order valence-electron chi connectivity index (χ0n) is 11.1. The van der Waals surface area contributed by atoms with Crippen molar-refractivity contribution in [3.05, 3.63) is 50.8 Å². The predicted octanol–water partition coefficient (Wildman–Crippen LogP) is 3.49. The lowest BCUT2D eigenvalue weighted by molar-refractivity contribution is -0.386. The van der Waals surface area contributed by atoms with Crippen molar-refractivity contribution in [3.8, 4) is 0 Å². The SMILES string of the molecule is CC.CC.O=c1c([N+](=O)[O-])c[nH]c2ccccc12. The third kappa shape index (κ3) is 3.41. The molecule has 0 aliphatic rings. The summed E-state index contributed by atoms with van der Waals surface area (Å²) in [5, 5.41) is 10.8. The van der Waals surface area contributed by atoms with Crippen molar-refractivity contribution in [1.29, 1.82) is 0 Å². The summed E-state index contributed by atoms with van der Waals surface area (Å²) >= 11 is 0. The zero-order chi connectivity index (χ0) is 14.1. The van der Waals surface area contributed by atoms with E-state index in [1.165, 1.54) is 0 Å². The first-order valence-corrected chi connectivity index (χ1v) is 5.95. The first kappa shape index (κ1) is 15.8. The number of nitro groups is 1. The van der Waals surface area contributed by atoms with Crippen molar-refractivity contribution in [2.24, 2.45) is 0 Å². The largest absolute Gasteiger partial charge is 0.355 e. The highest BCUT2D eigenvalue weighted by Crippen LogP contribution is 2.10. The normalized spacial score (nSPS) is 8.67. The Hall–Kier alpha value is -2.17. The van der Waals surface area contributed by atoms with Crippen LogP contribution in [0, 0.1) is 10.1 Å². The van der Waals surface area contributed by atoms with Gasteiger partial charge in [0.05, 0.1) is 16.5 Å². The van der Waals surface area contributed by atoms with Crippen molar-refractivity contribution >= 4 is 16.6 Å². The molecular weight excluding hydrogens is 232 g/mol. The van der Waals surface area contributed by atoms with Gasteiger partial charge in [0.2, 0.25) is 0 Å². The Balaban J connectivity index is 0.000000659. The Kier molecular flexibility index (Phi) is 7.04. The van der Waals surface area contributed by atoms with E-state index in [9.17, 15) is 14.9 Å². The topological polar surface area (TPSA) is 76.0 Å². The van der Waals surface area contributed by atoms with Gasteiger partial charge in [-0.25, -0.2) is 0 Å². The summed E-state index contributed by atoms with van der Waals surface area (Å²) in [6.45, 7) is 8.00. The first-order valence-electron chi connectivity index (χ1n) is 5.95. The zero-order valence-corrected chi connectivity index (χ0v) is 11.1. The molecule has 1 aromatic heterocycles. The summed E-state index contributed by atoms with van der Waals surface area (Å²) in [7, 11) is 0. The van der Waals surface area contributed by atoms with Crippen molar-refractivity contribution in [1.82, 2.24) is 4.98 Å². The van der Waals surface area contributed by atoms with E-state index >= 15 is 0 Å². The minimum Gasteiger partial charge on any atom is -0.355 e. The highest BCUT2D eigenvalue weighted by Gasteiger charge is 2.13. The van der Waals surface area contributed by atoms with Crippen molar-refractivity contribution < 1.29 is 4.92 Å². The summed E-state index contributed by atoms with van der Waals surface area (Å²) in [6.07, 6.45) is 1.12. The molecule has 0 aliphatic carbocycles. The molecule has 1 aromatic carbocycles. The van der Waals surface area contributed by atoms with E-state index in [0.717, 1.165) is 6.20 Å². The van der Waals surface area contributed by atoms with Crippen molar-refractivity contribution in [2.75, 3.05) is 0 Å². The lowest BCUT2D eigenvalue weighted by Gasteiger charge is -1.95. The van der Waals surface area contributed by atoms with Crippen LogP contribution in [0.25, 0.3) is 10.9 Å². The Morgan fingerprint density at radius 3 is 2.22 bits per heavy atom. The minimum atomic E-state index is -0.689. The number of hydrogen-bond donors (Lipinski definition) is 1. The molecule has 0 radical (unpaired) electrons. The molecule has 0 amide bonds. The van der Waals surface area contributed by atoms with E-state index in [2.05, 4.69) is 4.98 Å². The van der Waals surface area contributed by atoms with Gasteiger partial charge >= 0.3 is 5.69 Å². The second kappa shape index (κ2) is 8.00. The maximum atomic E-state index is 11.5. The number of nitrogens with zero attached hydrogens (tertiary/aromatic N) is 1. The van der Waals surface area contributed by atoms with Gasteiger partial charge in [-0.3, -0.25) is 14.9 Å². The Morgan fingerprint density at radius 1 is 1.11 bits per heavy atom. The number of benzene rings is 1. The van der Waals surface area contributed by atoms with E-state index in [0.29, 0.717) is 10.9 Å². The molecule has 0 bridgehead atoms. The molecule has 2 rings (SSSR count). The molecule has 98 valence electrons. The maximum absolute atomic E-state index is 11.5. The number of hydrogen-bond acceptors (Lipinski definition) is 3. The molecule has 0 fully saturated rings. The second-order valence-corrected chi connectivity index (χ2v) is 2.81. The second-order valence-electron chi connectivity index (χ2n) is 2.81. The summed E-state index contributed by atoms with van der Waals surface area (Å²) in [5.74, 6) is 0. The molecule has 0 atom stereocenters. The van der Waals surface area contributed by atoms with Crippen LogP contribution in [0.4, 0.5) is 5.69 Å². The molecular formula is C13H18N2O3. The van der Waals surface area contributed by atoms with Crippen LogP contribution in [0.15, 0.2) is 35.3 Å². The Morgan fingerprint density at radius 2 is 1.67 bits per heavy atom. The molecule has 0 unspecified atom stereocenters. The quantitative estimate of drug-likeness (QED) is 0.621. The minimum absolute atomic E-state index is 0.335. The number of fused-ring (bicyclic) bond motifs is 1. The third-order valence-electron chi connectivity index (χ3n) is 1.97. The smallest absolute Gasteiger partial charge is 0.332 e. The predicted molar refractivity (Wildman–Crippen MR) is 73.9 cm³/mol. The van der Waals surface area contributed by atoms with Gasteiger partial charge in [0.25, 0.3) is 5.43 Å². The number of nitrogens with one attached hydrogen (secondary N) is 1. The van der Waals surface area contributed by atoms with Gasteiger partial charge in [0.1, 0.15) is 0 Å². The van der Waals surface area contributed by atoms with Gasteiger partial charge in [-0.15, -0.1) is 0 Å². The van der Waals surface area contributed by atoms with Gasteiger partial charge in [-0.05, 0) is 12.1 Å². The average molecular weight is 250 g/mol. The van der Waals surface area contributed by atoms with Crippen LogP contribution >= 0.6 is 0 Å². The number of pyridine rings is 1. The molecule has 18 heavy (non-hydrogen) atoms. The van der Waals surface area contributed by atoms with Crippen LogP contribution in [0.5, 0.6) is 0 Å². The monoisotopic (exact) mass is 250 g/mol. The van der Waals surface area contributed by atoms with Crippen molar-refractivity contribution in [2.45, 2.75) is 27.7 Å². The van der Waals surface area contributed by atoms with E-state index in [4.69, 9.17) is 0 Å². The van der Waals surface area contributed by atoms with E-state index in [1.807, 2.05) is 27.7 Å². The van der Waals surface area contributed by atoms with Crippen LogP contribution < -0.4 is 5.43 Å². The van der Waals surface area contributed by atoms with Crippen molar-refractivity contribution in [3.63, 3.8) is 0 Å². The molecule has 0 saturated heterocycles. The van der Waals surface area contributed by atoms with Crippen LogP contribution in [0.3, 0.4) is 0 Å². The molecule has 1 heterocycles. The highest BCUT2D eigenvalue weighted by atomic mass is 16.6. The molecule has 0 aliphatic heterocycles. The van der Waals surface area contributed by atoms with Gasteiger partial charge in [-0.1, -0.05) is 39.8 Å². The van der Waals surface area contributed by atoms with Crippen LogP contribution in [0.1, 0.15) is 27.7 Å². The maximum Gasteiger partial charge on any atom is 0.332 e. The molecule has 1 N–H and O–H groups in total. The number of H-pyrrole nitrogens is 1. The van der Waals surface area contributed by atoms with Crippen LogP contribution in [-0.2, 0) is 0 Å². The Bertz CT molecular complexity index is 561. The van der Waals surface area contributed by atoms with Gasteiger partial charge < -0.3 is 4.98 Å². The summed E-state index contributed by atoms with van der Waals surface area (Å²) < 4.78 is 0. The number of para-hydroxylation sites is 1. The number of aromatic nitrogens is 1.